The summed E-state index contributed by atoms with van der Waals surface area (Å²) >= 11 is 0. The molecule has 1 aromatic rings. The molecule has 0 atom stereocenters. The van der Waals surface area contributed by atoms with Crippen molar-refractivity contribution < 1.29 is 27.9 Å². The van der Waals surface area contributed by atoms with E-state index in [1.54, 1.807) is 0 Å². The first-order chi connectivity index (χ1) is 7.88. The SMILES string of the molecule is COC(=O)CNS(=O)(=O)c1[nH]ncc1C(=O)O. The number of hydrogen-bond acceptors (Lipinski definition) is 6. The van der Waals surface area contributed by atoms with Crippen LogP contribution in [0.2, 0.25) is 0 Å². The lowest BCUT2D eigenvalue weighted by atomic mass is 10.4. The Morgan fingerprint density at radius 2 is 2.24 bits per heavy atom. The van der Waals surface area contributed by atoms with E-state index in [9.17, 15) is 18.0 Å². The summed E-state index contributed by atoms with van der Waals surface area (Å²) in [6.45, 7) is -0.600. The van der Waals surface area contributed by atoms with E-state index in [4.69, 9.17) is 5.11 Å². The third-order valence-electron chi connectivity index (χ3n) is 1.74. The van der Waals surface area contributed by atoms with Crippen molar-refractivity contribution in [1.82, 2.24) is 14.9 Å². The number of esters is 1. The maximum absolute atomic E-state index is 11.6. The number of aromatic nitrogens is 2. The van der Waals surface area contributed by atoms with Crippen molar-refractivity contribution in [2.45, 2.75) is 5.03 Å². The molecule has 0 saturated heterocycles. The van der Waals surface area contributed by atoms with Crippen LogP contribution in [0.25, 0.3) is 0 Å². The number of nitrogens with zero attached hydrogens (tertiary/aromatic N) is 1. The third-order valence-corrected chi connectivity index (χ3v) is 3.11. The molecule has 0 spiro atoms. The molecule has 3 N–H and O–H groups in total. The number of rotatable bonds is 5. The summed E-state index contributed by atoms with van der Waals surface area (Å²) in [5, 5.41) is 13.4. The quantitative estimate of drug-likeness (QED) is 0.553. The van der Waals surface area contributed by atoms with Gasteiger partial charge in [-0.05, 0) is 0 Å². The lowest BCUT2D eigenvalue weighted by Gasteiger charge is -2.04. The summed E-state index contributed by atoms with van der Waals surface area (Å²) in [6, 6.07) is 0. The molecule has 17 heavy (non-hydrogen) atoms. The number of carbonyl (C=O) groups is 2. The summed E-state index contributed by atoms with van der Waals surface area (Å²) in [4.78, 5) is 21.4. The number of carboxylic acids is 1. The van der Waals surface area contributed by atoms with Gasteiger partial charge in [0.05, 0.1) is 13.3 Å². The number of aromatic carboxylic acids is 1. The number of H-pyrrole nitrogens is 1. The molecule has 0 aliphatic carbocycles. The van der Waals surface area contributed by atoms with Crippen LogP contribution in [0.5, 0.6) is 0 Å². The Kier molecular flexibility index (Phi) is 3.81. The number of methoxy groups -OCH3 is 1. The van der Waals surface area contributed by atoms with Crippen LogP contribution in [0.15, 0.2) is 11.2 Å². The molecule has 0 aliphatic heterocycles. The van der Waals surface area contributed by atoms with Crippen LogP contribution in [0.3, 0.4) is 0 Å². The minimum atomic E-state index is -4.15. The fraction of sp³-hybridized carbons (Fsp3) is 0.286. The highest BCUT2D eigenvalue weighted by Crippen LogP contribution is 2.10. The molecule has 0 fully saturated rings. The highest BCUT2D eigenvalue weighted by Gasteiger charge is 2.25. The van der Waals surface area contributed by atoms with Crippen molar-refractivity contribution >= 4 is 22.0 Å². The molecule has 0 unspecified atom stereocenters. The summed E-state index contributed by atoms with van der Waals surface area (Å²) < 4.78 is 29.3. The molecule has 0 bridgehead atoms. The molecule has 94 valence electrons. The van der Waals surface area contributed by atoms with Crippen LogP contribution >= 0.6 is 0 Å². The van der Waals surface area contributed by atoms with E-state index >= 15 is 0 Å². The first kappa shape index (κ1) is 13.1. The second-order valence-electron chi connectivity index (χ2n) is 2.82. The largest absolute Gasteiger partial charge is 0.478 e. The van der Waals surface area contributed by atoms with E-state index in [1.165, 1.54) is 0 Å². The molecular formula is C7H9N3O6S. The Balaban J connectivity index is 2.94. The third kappa shape index (κ3) is 3.01. The fourth-order valence-corrected chi connectivity index (χ4v) is 1.98. The summed E-state index contributed by atoms with van der Waals surface area (Å²) in [7, 11) is -3.05. The maximum atomic E-state index is 11.6. The number of aromatic amines is 1. The average Bonchev–Trinajstić information content (AvgIpc) is 2.75. The Morgan fingerprint density at radius 3 is 2.76 bits per heavy atom. The van der Waals surface area contributed by atoms with Crippen molar-refractivity contribution in [2.75, 3.05) is 13.7 Å². The summed E-state index contributed by atoms with van der Waals surface area (Å²) in [5.74, 6) is -2.25. The smallest absolute Gasteiger partial charge is 0.340 e. The number of sulfonamides is 1. The zero-order valence-electron chi connectivity index (χ0n) is 8.63. The van der Waals surface area contributed by atoms with Gasteiger partial charge < -0.3 is 9.84 Å². The predicted molar refractivity (Wildman–Crippen MR) is 52.8 cm³/mol. The first-order valence-corrected chi connectivity index (χ1v) is 5.70. The maximum Gasteiger partial charge on any atom is 0.340 e. The number of carbonyl (C=O) groups excluding carboxylic acids is 1. The average molecular weight is 263 g/mol. The van der Waals surface area contributed by atoms with Crippen LogP contribution in [0, 0.1) is 0 Å². The van der Waals surface area contributed by atoms with Crippen LogP contribution in [0.4, 0.5) is 0 Å². The minimum absolute atomic E-state index is 0.512. The van der Waals surface area contributed by atoms with E-state index in [2.05, 4.69) is 9.84 Å². The van der Waals surface area contributed by atoms with Crippen molar-refractivity contribution in [1.29, 1.82) is 0 Å². The number of hydrogen-bond donors (Lipinski definition) is 3. The van der Waals surface area contributed by atoms with E-state index < -0.39 is 39.1 Å². The van der Waals surface area contributed by atoms with Gasteiger partial charge >= 0.3 is 11.9 Å². The van der Waals surface area contributed by atoms with Crippen molar-refractivity contribution in [3.05, 3.63) is 11.8 Å². The topological polar surface area (TPSA) is 138 Å². The van der Waals surface area contributed by atoms with Gasteiger partial charge in [0.2, 0.25) is 0 Å². The monoisotopic (exact) mass is 263 g/mol. The second-order valence-corrected chi connectivity index (χ2v) is 4.52. The van der Waals surface area contributed by atoms with Gasteiger partial charge in [-0.15, -0.1) is 0 Å². The number of nitrogens with one attached hydrogen (secondary N) is 2. The Morgan fingerprint density at radius 1 is 1.59 bits per heavy atom. The molecule has 10 heteroatoms. The normalized spacial score (nSPS) is 11.1. The molecule has 0 aromatic carbocycles. The molecule has 1 rings (SSSR count). The molecule has 0 amide bonds. The van der Waals surface area contributed by atoms with Gasteiger partial charge in [0.1, 0.15) is 12.1 Å². The summed E-state index contributed by atoms with van der Waals surface area (Å²) in [5.41, 5.74) is -0.512. The predicted octanol–water partition coefficient (Wildman–Crippen LogP) is -1.44. The van der Waals surface area contributed by atoms with Crippen molar-refractivity contribution in [3.63, 3.8) is 0 Å². The van der Waals surface area contributed by atoms with Crippen LogP contribution in [-0.2, 0) is 19.6 Å². The second kappa shape index (κ2) is 4.93. The highest BCUT2D eigenvalue weighted by atomic mass is 32.2. The van der Waals surface area contributed by atoms with Crippen molar-refractivity contribution in [2.24, 2.45) is 0 Å². The van der Waals surface area contributed by atoms with Crippen LogP contribution in [0.1, 0.15) is 10.4 Å². The number of ether oxygens (including phenoxy) is 1. The molecule has 9 nitrogen and oxygen atoms in total. The molecule has 0 saturated carbocycles. The number of carboxylic acid groups (broad SMARTS) is 1. The van der Waals surface area contributed by atoms with Crippen molar-refractivity contribution in [3.8, 4) is 0 Å². The molecule has 0 radical (unpaired) electrons. The van der Waals surface area contributed by atoms with Gasteiger partial charge in [0, 0.05) is 0 Å². The molecule has 1 aromatic heterocycles. The molecule has 0 aliphatic rings. The zero-order valence-corrected chi connectivity index (χ0v) is 9.44. The van der Waals surface area contributed by atoms with Crippen LogP contribution in [-0.4, -0.2) is 49.3 Å². The molecule has 1 heterocycles. The van der Waals surface area contributed by atoms with Gasteiger partial charge in [-0.3, -0.25) is 9.89 Å². The lowest BCUT2D eigenvalue weighted by molar-refractivity contribution is -0.139. The van der Waals surface area contributed by atoms with Gasteiger partial charge in [-0.1, -0.05) is 0 Å². The summed E-state index contributed by atoms with van der Waals surface area (Å²) in [6.07, 6.45) is 0.856. The van der Waals surface area contributed by atoms with Gasteiger partial charge in [-0.25, -0.2) is 13.2 Å². The van der Waals surface area contributed by atoms with Crippen LogP contribution < -0.4 is 4.72 Å². The van der Waals surface area contributed by atoms with E-state index in [-0.39, 0.29) is 0 Å². The zero-order chi connectivity index (χ0) is 13.1. The Labute approximate surface area is 95.8 Å². The van der Waals surface area contributed by atoms with Gasteiger partial charge in [0.25, 0.3) is 10.0 Å². The first-order valence-electron chi connectivity index (χ1n) is 4.21. The molecular weight excluding hydrogens is 254 g/mol. The Bertz CT molecular complexity index is 534. The van der Waals surface area contributed by atoms with E-state index in [0.717, 1.165) is 13.3 Å². The minimum Gasteiger partial charge on any atom is -0.478 e. The fourth-order valence-electron chi connectivity index (χ4n) is 0.930. The van der Waals surface area contributed by atoms with E-state index in [0.29, 0.717) is 0 Å². The standard InChI is InChI=1S/C7H9N3O6S/c1-16-5(11)3-9-17(14,15)6-4(7(12)13)2-8-10-6/h2,9H,3H2,1H3,(H,8,10)(H,12,13). The highest BCUT2D eigenvalue weighted by molar-refractivity contribution is 7.89. The van der Waals surface area contributed by atoms with E-state index in [1.807, 2.05) is 9.82 Å². The lowest BCUT2D eigenvalue weighted by Crippen LogP contribution is -2.31. The Hall–Kier alpha value is -1.94. The van der Waals surface area contributed by atoms with Gasteiger partial charge in [-0.2, -0.15) is 9.82 Å². The van der Waals surface area contributed by atoms with Gasteiger partial charge in [0.15, 0.2) is 5.03 Å².